The number of hydrogen-bond acceptors (Lipinski definition) is 2. The summed E-state index contributed by atoms with van der Waals surface area (Å²) >= 11 is 0. The lowest BCUT2D eigenvalue weighted by Gasteiger charge is -2.36. The van der Waals surface area contributed by atoms with Gasteiger partial charge < -0.3 is 10.2 Å². The molecule has 2 nitrogen and oxygen atoms in total. The Morgan fingerprint density at radius 3 is 2.65 bits per heavy atom. The Bertz CT molecular complexity index is 421. The van der Waals surface area contributed by atoms with Crippen molar-refractivity contribution < 1.29 is 0 Å². The van der Waals surface area contributed by atoms with Gasteiger partial charge >= 0.3 is 0 Å². The van der Waals surface area contributed by atoms with Gasteiger partial charge in [0.2, 0.25) is 0 Å². The standard InChI is InChI=1S/C18H28N2/c1-2-5-15-8-10-20(11-9-15)14-18-12-16-6-3-4-7-17(16)13-19-18/h3-4,6-7,15,18-19H,2,5,8-14H2,1H3. The van der Waals surface area contributed by atoms with Crippen LogP contribution in [0.3, 0.4) is 0 Å². The molecule has 0 spiro atoms. The van der Waals surface area contributed by atoms with Crippen LogP contribution in [0.1, 0.15) is 43.7 Å². The molecule has 110 valence electrons. The van der Waals surface area contributed by atoms with E-state index in [1.807, 2.05) is 0 Å². The van der Waals surface area contributed by atoms with Crippen LogP contribution in [0.2, 0.25) is 0 Å². The lowest BCUT2D eigenvalue weighted by atomic mass is 9.91. The van der Waals surface area contributed by atoms with E-state index in [0.717, 1.165) is 12.5 Å². The second-order valence-corrected chi connectivity index (χ2v) is 6.58. The van der Waals surface area contributed by atoms with Crippen LogP contribution in [0.15, 0.2) is 24.3 Å². The van der Waals surface area contributed by atoms with E-state index in [2.05, 4.69) is 41.4 Å². The Hall–Kier alpha value is -0.860. The molecule has 2 heteroatoms. The summed E-state index contributed by atoms with van der Waals surface area (Å²) in [4.78, 5) is 2.68. The van der Waals surface area contributed by atoms with E-state index in [0.29, 0.717) is 6.04 Å². The minimum Gasteiger partial charge on any atom is -0.308 e. The largest absolute Gasteiger partial charge is 0.308 e. The van der Waals surface area contributed by atoms with Crippen LogP contribution in [-0.4, -0.2) is 30.6 Å². The third kappa shape index (κ3) is 3.42. The fourth-order valence-electron chi connectivity index (χ4n) is 3.83. The predicted molar refractivity (Wildman–Crippen MR) is 84.8 cm³/mol. The minimum atomic E-state index is 0.646. The van der Waals surface area contributed by atoms with Crippen molar-refractivity contribution >= 4 is 0 Å². The summed E-state index contributed by atoms with van der Waals surface area (Å²) in [6.45, 7) is 7.21. The summed E-state index contributed by atoms with van der Waals surface area (Å²) < 4.78 is 0. The van der Waals surface area contributed by atoms with Crippen LogP contribution in [0, 0.1) is 5.92 Å². The van der Waals surface area contributed by atoms with Crippen LogP contribution in [-0.2, 0) is 13.0 Å². The molecular formula is C18H28N2. The summed E-state index contributed by atoms with van der Waals surface area (Å²) in [7, 11) is 0. The van der Waals surface area contributed by atoms with E-state index in [1.165, 1.54) is 57.3 Å². The maximum Gasteiger partial charge on any atom is 0.0238 e. The first-order valence-electron chi connectivity index (χ1n) is 8.37. The van der Waals surface area contributed by atoms with Gasteiger partial charge in [-0.05, 0) is 49.4 Å². The lowest BCUT2D eigenvalue weighted by Crippen LogP contribution is -2.46. The summed E-state index contributed by atoms with van der Waals surface area (Å²) in [5.41, 5.74) is 3.04. The fourth-order valence-corrected chi connectivity index (χ4v) is 3.83. The monoisotopic (exact) mass is 272 g/mol. The molecule has 0 saturated carbocycles. The zero-order chi connectivity index (χ0) is 13.8. The molecule has 0 aromatic heterocycles. The molecule has 2 aliphatic heterocycles. The summed E-state index contributed by atoms with van der Waals surface area (Å²) in [6.07, 6.45) is 6.81. The first-order chi connectivity index (χ1) is 9.85. The molecule has 3 rings (SSSR count). The van der Waals surface area contributed by atoms with Gasteiger partial charge in [-0.15, -0.1) is 0 Å². The molecule has 0 bridgehead atoms. The zero-order valence-electron chi connectivity index (χ0n) is 12.8. The third-order valence-electron chi connectivity index (χ3n) is 5.05. The molecule has 20 heavy (non-hydrogen) atoms. The Morgan fingerprint density at radius 2 is 1.90 bits per heavy atom. The van der Waals surface area contributed by atoms with E-state index in [1.54, 1.807) is 5.56 Å². The zero-order valence-corrected chi connectivity index (χ0v) is 12.8. The molecule has 1 unspecified atom stereocenters. The molecule has 2 heterocycles. The second kappa shape index (κ2) is 6.73. The Kier molecular flexibility index (Phi) is 4.74. The molecule has 1 aromatic rings. The number of piperidine rings is 1. The van der Waals surface area contributed by atoms with Gasteiger partial charge in [-0.25, -0.2) is 0 Å². The fraction of sp³-hybridized carbons (Fsp3) is 0.667. The van der Waals surface area contributed by atoms with Crippen molar-refractivity contribution in [1.29, 1.82) is 0 Å². The quantitative estimate of drug-likeness (QED) is 0.905. The molecule has 0 radical (unpaired) electrons. The number of benzene rings is 1. The van der Waals surface area contributed by atoms with Crippen molar-refractivity contribution in [3.8, 4) is 0 Å². The van der Waals surface area contributed by atoms with Crippen LogP contribution < -0.4 is 5.32 Å². The highest BCUT2D eigenvalue weighted by atomic mass is 15.2. The third-order valence-corrected chi connectivity index (χ3v) is 5.05. The van der Waals surface area contributed by atoms with Crippen molar-refractivity contribution in [2.45, 2.75) is 51.6 Å². The summed E-state index contributed by atoms with van der Waals surface area (Å²) in [5, 5.41) is 3.72. The van der Waals surface area contributed by atoms with Crippen molar-refractivity contribution in [2.24, 2.45) is 5.92 Å². The van der Waals surface area contributed by atoms with Crippen molar-refractivity contribution in [1.82, 2.24) is 10.2 Å². The number of rotatable bonds is 4. The van der Waals surface area contributed by atoms with Crippen LogP contribution in [0.25, 0.3) is 0 Å². The van der Waals surface area contributed by atoms with Crippen molar-refractivity contribution in [2.75, 3.05) is 19.6 Å². The molecular weight excluding hydrogens is 244 g/mol. The van der Waals surface area contributed by atoms with Gasteiger partial charge in [0.05, 0.1) is 0 Å². The summed E-state index contributed by atoms with van der Waals surface area (Å²) in [6, 6.07) is 9.54. The number of nitrogens with zero attached hydrogens (tertiary/aromatic N) is 1. The maximum absolute atomic E-state index is 3.72. The van der Waals surface area contributed by atoms with Gasteiger partial charge in [0.15, 0.2) is 0 Å². The number of nitrogens with one attached hydrogen (secondary N) is 1. The number of fused-ring (bicyclic) bond motifs is 1. The highest BCUT2D eigenvalue weighted by Crippen LogP contribution is 2.23. The Labute approximate surface area is 123 Å². The van der Waals surface area contributed by atoms with Gasteiger partial charge in [-0.3, -0.25) is 0 Å². The van der Waals surface area contributed by atoms with Crippen LogP contribution in [0.4, 0.5) is 0 Å². The van der Waals surface area contributed by atoms with E-state index >= 15 is 0 Å². The SMILES string of the molecule is CCCC1CCN(CC2Cc3ccccc3CN2)CC1. The molecule has 2 aliphatic rings. The smallest absolute Gasteiger partial charge is 0.0238 e. The van der Waals surface area contributed by atoms with Crippen molar-refractivity contribution in [3.05, 3.63) is 35.4 Å². The maximum atomic E-state index is 3.72. The number of likely N-dealkylation sites (tertiary alicyclic amines) is 1. The average molecular weight is 272 g/mol. The van der Waals surface area contributed by atoms with E-state index in [4.69, 9.17) is 0 Å². The van der Waals surface area contributed by atoms with Gasteiger partial charge in [-0.1, -0.05) is 44.0 Å². The molecule has 1 aromatic carbocycles. The van der Waals surface area contributed by atoms with Gasteiger partial charge in [0, 0.05) is 19.1 Å². The Balaban J connectivity index is 1.48. The second-order valence-electron chi connectivity index (χ2n) is 6.58. The van der Waals surface area contributed by atoms with Crippen LogP contribution in [0.5, 0.6) is 0 Å². The average Bonchev–Trinajstić information content (AvgIpc) is 2.49. The van der Waals surface area contributed by atoms with E-state index < -0.39 is 0 Å². The topological polar surface area (TPSA) is 15.3 Å². The van der Waals surface area contributed by atoms with E-state index in [-0.39, 0.29) is 0 Å². The van der Waals surface area contributed by atoms with E-state index in [9.17, 15) is 0 Å². The molecule has 1 atom stereocenters. The predicted octanol–water partition coefficient (Wildman–Crippen LogP) is 3.21. The van der Waals surface area contributed by atoms with Gasteiger partial charge in [0.25, 0.3) is 0 Å². The van der Waals surface area contributed by atoms with Gasteiger partial charge in [-0.2, -0.15) is 0 Å². The first kappa shape index (κ1) is 14.1. The van der Waals surface area contributed by atoms with Gasteiger partial charge in [0.1, 0.15) is 0 Å². The molecule has 0 aliphatic carbocycles. The lowest BCUT2D eigenvalue weighted by molar-refractivity contribution is 0.161. The normalized spacial score (nSPS) is 24.6. The molecule has 1 fully saturated rings. The van der Waals surface area contributed by atoms with Crippen molar-refractivity contribution in [3.63, 3.8) is 0 Å². The molecule has 1 saturated heterocycles. The molecule has 0 amide bonds. The minimum absolute atomic E-state index is 0.646. The highest BCUT2D eigenvalue weighted by Gasteiger charge is 2.23. The highest BCUT2D eigenvalue weighted by molar-refractivity contribution is 5.29. The van der Waals surface area contributed by atoms with Crippen LogP contribution >= 0.6 is 0 Å². The number of hydrogen-bond donors (Lipinski definition) is 1. The summed E-state index contributed by atoms with van der Waals surface area (Å²) in [5.74, 6) is 0.997. The molecule has 1 N–H and O–H groups in total. The Morgan fingerprint density at radius 1 is 1.15 bits per heavy atom. The first-order valence-corrected chi connectivity index (χ1v) is 8.37.